The Bertz CT molecular complexity index is 862. The van der Waals surface area contributed by atoms with Gasteiger partial charge < -0.3 is 15.4 Å². The standard InChI is InChI=1S/C22H28N2O/c1-14(2)17-8-9-21(15(3)12-17)23-11-10-18-13-24-22-19(16(4)25)6-5-7-20(18)22/h5-9,12-14,16,23-25H,10-11H2,1-4H3. The van der Waals surface area contributed by atoms with Gasteiger partial charge in [0.15, 0.2) is 0 Å². The molecule has 3 nitrogen and oxygen atoms in total. The molecule has 1 atom stereocenters. The number of aliphatic hydroxyl groups is 1. The Hall–Kier alpha value is -2.26. The van der Waals surface area contributed by atoms with E-state index >= 15 is 0 Å². The van der Waals surface area contributed by atoms with E-state index in [9.17, 15) is 5.11 Å². The summed E-state index contributed by atoms with van der Waals surface area (Å²) in [6.45, 7) is 9.30. The molecule has 3 rings (SSSR count). The minimum atomic E-state index is -0.463. The van der Waals surface area contributed by atoms with Crippen molar-refractivity contribution < 1.29 is 5.11 Å². The van der Waals surface area contributed by atoms with Gasteiger partial charge in [0.1, 0.15) is 0 Å². The van der Waals surface area contributed by atoms with Crippen LogP contribution in [0, 0.1) is 6.92 Å². The normalized spacial score (nSPS) is 12.7. The Morgan fingerprint density at radius 1 is 1.12 bits per heavy atom. The summed E-state index contributed by atoms with van der Waals surface area (Å²) in [7, 11) is 0. The second kappa shape index (κ2) is 7.32. The molecule has 25 heavy (non-hydrogen) atoms. The van der Waals surface area contributed by atoms with Crippen molar-refractivity contribution in [3.8, 4) is 0 Å². The maximum atomic E-state index is 9.92. The summed E-state index contributed by atoms with van der Waals surface area (Å²) in [5.41, 5.74) is 7.16. The molecule has 0 fully saturated rings. The maximum absolute atomic E-state index is 9.92. The predicted octanol–water partition coefficient (Wildman–Crippen LogP) is 5.31. The number of H-pyrrole nitrogens is 1. The van der Waals surface area contributed by atoms with Gasteiger partial charge in [0.05, 0.1) is 11.6 Å². The van der Waals surface area contributed by atoms with E-state index in [2.05, 4.69) is 61.5 Å². The third kappa shape index (κ3) is 3.72. The molecule has 0 amide bonds. The number of nitrogens with one attached hydrogen (secondary N) is 2. The fraction of sp³-hybridized carbons (Fsp3) is 0.364. The number of para-hydroxylation sites is 1. The summed E-state index contributed by atoms with van der Waals surface area (Å²) in [4.78, 5) is 3.33. The van der Waals surface area contributed by atoms with E-state index in [0.717, 1.165) is 24.0 Å². The first-order valence-corrected chi connectivity index (χ1v) is 9.08. The van der Waals surface area contributed by atoms with E-state index < -0.39 is 6.10 Å². The number of aliphatic hydroxyl groups excluding tert-OH is 1. The molecule has 0 saturated carbocycles. The third-order valence-electron chi connectivity index (χ3n) is 4.91. The van der Waals surface area contributed by atoms with E-state index in [0.29, 0.717) is 5.92 Å². The summed E-state index contributed by atoms with van der Waals surface area (Å²) in [6.07, 6.45) is 2.54. The van der Waals surface area contributed by atoms with Gasteiger partial charge >= 0.3 is 0 Å². The molecular weight excluding hydrogens is 308 g/mol. The summed E-state index contributed by atoms with van der Waals surface area (Å²) in [5.74, 6) is 0.557. The predicted molar refractivity (Wildman–Crippen MR) is 106 cm³/mol. The fourth-order valence-electron chi connectivity index (χ4n) is 3.37. The lowest BCUT2D eigenvalue weighted by Crippen LogP contribution is -2.06. The SMILES string of the molecule is Cc1cc(C(C)C)ccc1NCCc1c[nH]c2c(C(C)O)cccc12. The van der Waals surface area contributed by atoms with Crippen molar-refractivity contribution in [3.63, 3.8) is 0 Å². The average Bonchev–Trinajstić information content (AvgIpc) is 2.99. The quantitative estimate of drug-likeness (QED) is 0.571. The van der Waals surface area contributed by atoms with E-state index in [1.807, 2.05) is 12.1 Å². The molecule has 0 aliphatic rings. The lowest BCUT2D eigenvalue weighted by atomic mass is 10.00. The van der Waals surface area contributed by atoms with Gasteiger partial charge in [-0.1, -0.05) is 44.2 Å². The highest BCUT2D eigenvalue weighted by atomic mass is 16.3. The van der Waals surface area contributed by atoms with Gasteiger partial charge in [-0.05, 0) is 48.9 Å². The van der Waals surface area contributed by atoms with Gasteiger partial charge in [-0.2, -0.15) is 0 Å². The van der Waals surface area contributed by atoms with Gasteiger partial charge in [-0.3, -0.25) is 0 Å². The Morgan fingerprint density at radius 2 is 1.92 bits per heavy atom. The molecule has 1 heterocycles. The molecule has 0 aliphatic heterocycles. The lowest BCUT2D eigenvalue weighted by molar-refractivity contribution is 0.200. The number of benzene rings is 2. The van der Waals surface area contributed by atoms with Gasteiger partial charge in [-0.15, -0.1) is 0 Å². The van der Waals surface area contributed by atoms with Crippen LogP contribution in [0.25, 0.3) is 10.9 Å². The Morgan fingerprint density at radius 3 is 2.60 bits per heavy atom. The maximum Gasteiger partial charge on any atom is 0.0782 e. The molecule has 1 aromatic heterocycles. The van der Waals surface area contributed by atoms with Gasteiger partial charge in [0.2, 0.25) is 0 Å². The highest BCUT2D eigenvalue weighted by molar-refractivity contribution is 5.86. The Balaban J connectivity index is 1.71. The molecule has 1 unspecified atom stereocenters. The van der Waals surface area contributed by atoms with Crippen LogP contribution in [0.5, 0.6) is 0 Å². The Labute approximate surface area is 150 Å². The molecule has 132 valence electrons. The number of anilines is 1. The van der Waals surface area contributed by atoms with Crippen LogP contribution in [0.2, 0.25) is 0 Å². The number of aryl methyl sites for hydroxylation is 1. The first-order valence-electron chi connectivity index (χ1n) is 9.08. The second-order valence-electron chi connectivity index (χ2n) is 7.17. The van der Waals surface area contributed by atoms with Gasteiger partial charge in [-0.25, -0.2) is 0 Å². The molecule has 0 aliphatic carbocycles. The van der Waals surface area contributed by atoms with Crippen LogP contribution in [-0.2, 0) is 6.42 Å². The van der Waals surface area contributed by atoms with Crippen LogP contribution in [0.15, 0.2) is 42.6 Å². The van der Waals surface area contributed by atoms with Crippen molar-refractivity contribution in [1.29, 1.82) is 0 Å². The van der Waals surface area contributed by atoms with Crippen molar-refractivity contribution in [2.45, 2.75) is 46.1 Å². The van der Waals surface area contributed by atoms with Crippen LogP contribution < -0.4 is 5.32 Å². The molecule has 0 bridgehead atoms. The number of fused-ring (bicyclic) bond motifs is 1. The van der Waals surface area contributed by atoms with Gasteiger partial charge in [0.25, 0.3) is 0 Å². The molecule has 0 saturated heterocycles. The summed E-state index contributed by atoms with van der Waals surface area (Å²) in [5, 5.41) is 14.7. The largest absolute Gasteiger partial charge is 0.389 e. The zero-order chi connectivity index (χ0) is 18.0. The topological polar surface area (TPSA) is 48.0 Å². The second-order valence-corrected chi connectivity index (χ2v) is 7.17. The van der Waals surface area contributed by atoms with Crippen molar-refractivity contribution in [1.82, 2.24) is 4.98 Å². The smallest absolute Gasteiger partial charge is 0.0782 e. The fourth-order valence-corrected chi connectivity index (χ4v) is 3.37. The zero-order valence-electron chi connectivity index (χ0n) is 15.6. The molecule has 3 N–H and O–H groups in total. The average molecular weight is 336 g/mol. The van der Waals surface area contributed by atoms with E-state index in [4.69, 9.17) is 0 Å². The first-order chi connectivity index (χ1) is 12.0. The van der Waals surface area contributed by atoms with E-state index in [-0.39, 0.29) is 0 Å². The summed E-state index contributed by atoms with van der Waals surface area (Å²) >= 11 is 0. The minimum absolute atomic E-state index is 0.463. The molecular formula is C22H28N2O. The molecule has 3 heteroatoms. The van der Waals surface area contributed by atoms with E-state index in [1.54, 1.807) is 6.92 Å². The van der Waals surface area contributed by atoms with Crippen LogP contribution in [-0.4, -0.2) is 16.6 Å². The van der Waals surface area contributed by atoms with Crippen LogP contribution in [0.1, 0.15) is 55.0 Å². The first kappa shape index (κ1) is 17.6. The van der Waals surface area contributed by atoms with Crippen LogP contribution in [0.3, 0.4) is 0 Å². The van der Waals surface area contributed by atoms with Crippen molar-refractivity contribution in [3.05, 3.63) is 64.8 Å². The number of hydrogen-bond acceptors (Lipinski definition) is 2. The number of aromatic nitrogens is 1. The highest BCUT2D eigenvalue weighted by Gasteiger charge is 2.10. The molecule has 2 aromatic carbocycles. The number of aromatic amines is 1. The van der Waals surface area contributed by atoms with Crippen molar-refractivity contribution in [2.75, 3.05) is 11.9 Å². The number of hydrogen-bond donors (Lipinski definition) is 3. The monoisotopic (exact) mass is 336 g/mol. The van der Waals surface area contributed by atoms with Crippen LogP contribution in [0.4, 0.5) is 5.69 Å². The lowest BCUT2D eigenvalue weighted by Gasteiger charge is -2.13. The molecule has 3 aromatic rings. The number of rotatable bonds is 6. The summed E-state index contributed by atoms with van der Waals surface area (Å²) in [6, 6.07) is 12.8. The van der Waals surface area contributed by atoms with Crippen molar-refractivity contribution in [2.24, 2.45) is 0 Å². The minimum Gasteiger partial charge on any atom is -0.389 e. The van der Waals surface area contributed by atoms with Crippen LogP contribution >= 0.6 is 0 Å². The summed E-state index contributed by atoms with van der Waals surface area (Å²) < 4.78 is 0. The zero-order valence-corrected chi connectivity index (χ0v) is 15.6. The molecule has 0 spiro atoms. The third-order valence-corrected chi connectivity index (χ3v) is 4.91. The Kier molecular flexibility index (Phi) is 5.14. The van der Waals surface area contributed by atoms with Gasteiger partial charge in [0, 0.05) is 29.4 Å². The highest BCUT2D eigenvalue weighted by Crippen LogP contribution is 2.26. The van der Waals surface area contributed by atoms with Crippen molar-refractivity contribution >= 4 is 16.6 Å². The van der Waals surface area contributed by atoms with E-state index in [1.165, 1.54) is 27.8 Å². The molecule has 0 radical (unpaired) electrons.